The van der Waals surface area contributed by atoms with Crippen molar-refractivity contribution in [2.24, 2.45) is 0 Å². The highest BCUT2D eigenvalue weighted by molar-refractivity contribution is 5.96. The van der Waals surface area contributed by atoms with Gasteiger partial charge in [-0.2, -0.15) is 0 Å². The van der Waals surface area contributed by atoms with E-state index in [2.05, 4.69) is 16.0 Å². The molecule has 0 spiro atoms. The summed E-state index contributed by atoms with van der Waals surface area (Å²) in [6.45, 7) is 5.18. The number of hydrogen-bond donors (Lipinski definition) is 4. The molecule has 5 N–H and O–H groups in total. The van der Waals surface area contributed by atoms with Crippen LogP contribution in [0.2, 0.25) is 0 Å². The van der Waals surface area contributed by atoms with Crippen molar-refractivity contribution >= 4 is 23.2 Å². The molecule has 0 fully saturated rings. The number of amides is 2. The second-order valence-electron chi connectivity index (χ2n) is 4.36. The maximum atomic E-state index is 11.7. The van der Waals surface area contributed by atoms with Gasteiger partial charge in [0.25, 0.3) is 5.91 Å². The summed E-state index contributed by atoms with van der Waals surface area (Å²) in [6.07, 6.45) is 0.889. The second kappa shape index (κ2) is 8.04. The molecular weight excluding hydrogens is 256 g/mol. The lowest BCUT2D eigenvalue weighted by Crippen LogP contribution is -2.30. The minimum Gasteiger partial charge on any atom is -0.397 e. The fourth-order valence-corrected chi connectivity index (χ4v) is 1.62. The molecule has 1 rings (SSSR count). The van der Waals surface area contributed by atoms with Gasteiger partial charge in [-0.15, -0.1) is 0 Å². The third-order valence-corrected chi connectivity index (χ3v) is 2.66. The molecule has 20 heavy (non-hydrogen) atoms. The number of benzene rings is 1. The summed E-state index contributed by atoms with van der Waals surface area (Å²) in [4.78, 5) is 23.2. The first-order valence-corrected chi connectivity index (χ1v) is 6.76. The number of carbonyl (C=O) groups is 2. The Morgan fingerprint density at radius 2 is 1.95 bits per heavy atom. The minimum atomic E-state index is -0.161. The third-order valence-electron chi connectivity index (χ3n) is 2.66. The number of nitrogens with one attached hydrogen (secondary N) is 3. The molecule has 6 heteroatoms. The number of anilines is 2. The average Bonchev–Trinajstić information content (AvgIpc) is 2.44. The maximum absolute atomic E-state index is 11.7. The molecule has 6 nitrogen and oxygen atoms in total. The van der Waals surface area contributed by atoms with Crippen LogP contribution in [0.4, 0.5) is 11.4 Å². The molecule has 0 unspecified atom stereocenters. The van der Waals surface area contributed by atoms with Gasteiger partial charge in [-0.25, -0.2) is 0 Å². The van der Waals surface area contributed by atoms with E-state index >= 15 is 0 Å². The summed E-state index contributed by atoms with van der Waals surface area (Å²) in [5.41, 5.74) is 7.42. The van der Waals surface area contributed by atoms with Crippen molar-refractivity contribution in [3.8, 4) is 0 Å². The highest BCUT2D eigenvalue weighted by Gasteiger charge is 2.08. The topological polar surface area (TPSA) is 96.2 Å². The highest BCUT2D eigenvalue weighted by atomic mass is 16.2. The highest BCUT2D eigenvalue weighted by Crippen LogP contribution is 2.19. The smallest absolute Gasteiger partial charge is 0.251 e. The molecule has 0 atom stereocenters. The van der Waals surface area contributed by atoms with Crippen LogP contribution in [0.3, 0.4) is 0 Å². The van der Waals surface area contributed by atoms with Gasteiger partial charge in [-0.05, 0) is 31.5 Å². The Balaban J connectivity index is 2.67. The predicted molar refractivity (Wildman–Crippen MR) is 80.7 cm³/mol. The van der Waals surface area contributed by atoms with Crippen LogP contribution in [-0.2, 0) is 4.79 Å². The van der Waals surface area contributed by atoms with Crippen LogP contribution in [0.1, 0.15) is 30.6 Å². The van der Waals surface area contributed by atoms with Gasteiger partial charge in [-0.1, -0.05) is 6.92 Å². The first-order valence-electron chi connectivity index (χ1n) is 6.76. The van der Waals surface area contributed by atoms with Gasteiger partial charge in [0.05, 0.1) is 17.9 Å². The van der Waals surface area contributed by atoms with Crippen molar-refractivity contribution in [1.29, 1.82) is 0 Å². The first-order chi connectivity index (χ1) is 9.58. The lowest BCUT2D eigenvalue weighted by Gasteiger charge is -2.11. The Labute approximate surface area is 119 Å². The van der Waals surface area contributed by atoms with Crippen molar-refractivity contribution in [2.45, 2.75) is 20.3 Å². The Morgan fingerprint density at radius 3 is 2.60 bits per heavy atom. The van der Waals surface area contributed by atoms with Crippen molar-refractivity contribution in [3.63, 3.8) is 0 Å². The zero-order valence-electron chi connectivity index (χ0n) is 12.0. The summed E-state index contributed by atoms with van der Waals surface area (Å²) in [5, 5.41) is 8.41. The Hall–Kier alpha value is -2.24. The Kier molecular flexibility index (Phi) is 6.36. The first kappa shape index (κ1) is 15.8. The lowest BCUT2D eigenvalue weighted by molar-refractivity contribution is -0.119. The van der Waals surface area contributed by atoms with Gasteiger partial charge >= 0.3 is 0 Å². The van der Waals surface area contributed by atoms with E-state index in [1.165, 1.54) is 0 Å². The van der Waals surface area contributed by atoms with Crippen LogP contribution in [0, 0.1) is 0 Å². The molecule has 0 bridgehead atoms. The molecule has 0 radical (unpaired) electrons. The quantitative estimate of drug-likeness (QED) is 0.558. The van der Waals surface area contributed by atoms with E-state index in [4.69, 9.17) is 5.73 Å². The molecule has 2 amide bonds. The van der Waals surface area contributed by atoms with Crippen molar-refractivity contribution < 1.29 is 9.59 Å². The average molecular weight is 278 g/mol. The molecular formula is C14H22N4O2. The van der Waals surface area contributed by atoms with Gasteiger partial charge in [0.1, 0.15) is 0 Å². The van der Waals surface area contributed by atoms with E-state index in [9.17, 15) is 9.59 Å². The predicted octanol–water partition coefficient (Wildman–Crippen LogP) is 0.957. The standard InChI is InChI=1S/C14H22N4O2/c1-3-7-17-13(19)9-18-12-8-10(5-6-11(12)15)14(20)16-4-2/h5-6,8,18H,3-4,7,9,15H2,1-2H3,(H,16,20)(H,17,19). The molecule has 0 saturated carbocycles. The molecule has 0 aliphatic heterocycles. The maximum Gasteiger partial charge on any atom is 0.251 e. The molecule has 0 aromatic heterocycles. The van der Waals surface area contributed by atoms with E-state index in [1.54, 1.807) is 18.2 Å². The van der Waals surface area contributed by atoms with Crippen LogP contribution in [0.5, 0.6) is 0 Å². The summed E-state index contributed by atoms with van der Waals surface area (Å²) in [7, 11) is 0. The van der Waals surface area contributed by atoms with E-state index in [-0.39, 0.29) is 18.4 Å². The van der Waals surface area contributed by atoms with Crippen LogP contribution >= 0.6 is 0 Å². The molecule has 1 aromatic carbocycles. The Bertz CT molecular complexity index is 474. The number of nitrogen functional groups attached to an aromatic ring is 1. The molecule has 0 aliphatic carbocycles. The minimum absolute atomic E-state index is 0.102. The molecule has 0 heterocycles. The molecule has 110 valence electrons. The van der Waals surface area contributed by atoms with Crippen LogP contribution in [0.25, 0.3) is 0 Å². The number of carbonyl (C=O) groups excluding carboxylic acids is 2. The van der Waals surface area contributed by atoms with Crippen molar-refractivity contribution in [3.05, 3.63) is 23.8 Å². The van der Waals surface area contributed by atoms with E-state index in [0.717, 1.165) is 6.42 Å². The van der Waals surface area contributed by atoms with Gasteiger partial charge < -0.3 is 21.7 Å². The van der Waals surface area contributed by atoms with Crippen LogP contribution in [0.15, 0.2) is 18.2 Å². The summed E-state index contributed by atoms with van der Waals surface area (Å²) >= 11 is 0. The zero-order valence-corrected chi connectivity index (χ0v) is 12.0. The largest absolute Gasteiger partial charge is 0.397 e. The van der Waals surface area contributed by atoms with Crippen molar-refractivity contribution in [1.82, 2.24) is 10.6 Å². The molecule has 1 aromatic rings. The van der Waals surface area contributed by atoms with E-state index in [1.807, 2.05) is 13.8 Å². The van der Waals surface area contributed by atoms with Gasteiger partial charge in [0.2, 0.25) is 5.91 Å². The van der Waals surface area contributed by atoms with Crippen LogP contribution in [-0.4, -0.2) is 31.4 Å². The van der Waals surface area contributed by atoms with Crippen molar-refractivity contribution in [2.75, 3.05) is 30.7 Å². The lowest BCUT2D eigenvalue weighted by atomic mass is 10.1. The third kappa shape index (κ3) is 4.79. The second-order valence-corrected chi connectivity index (χ2v) is 4.36. The van der Waals surface area contributed by atoms with E-state index in [0.29, 0.717) is 30.0 Å². The van der Waals surface area contributed by atoms with Crippen LogP contribution < -0.4 is 21.7 Å². The van der Waals surface area contributed by atoms with Gasteiger partial charge in [0, 0.05) is 18.7 Å². The number of rotatable bonds is 7. The summed E-state index contributed by atoms with van der Waals surface area (Å²) < 4.78 is 0. The number of nitrogens with two attached hydrogens (primary N) is 1. The fraction of sp³-hybridized carbons (Fsp3) is 0.429. The van der Waals surface area contributed by atoms with E-state index < -0.39 is 0 Å². The fourth-order valence-electron chi connectivity index (χ4n) is 1.62. The van der Waals surface area contributed by atoms with Gasteiger partial charge in [0.15, 0.2) is 0 Å². The normalized spacial score (nSPS) is 9.90. The number of hydrogen-bond acceptors (Lipinski definition) is 4. The monoisotopic (exact) mass is 278 g/mol. The molecule has 0 saturated heterocycles. The molecule has 0 aliphatic rings. The van der Waals surface area contributed by atoms with Gasteiger partial charge in [-0.3, -0.25) is 9.59 Å². The Morgan fingerprint density at radius 1 is 1.20 bits per heavy atom. The summed E-state index contributed by atoms with van der Waals surface area (Å²) in [5.74, 6) is -0.263. The zero-order chi connectivity index (χ0) is 15.0. The SMILES string of the molecule is CCCNC(=O)CNc1cc(C(=O)NCC)ccc1N. The summed E-state index contributed by atoms with van der Waals surface area (Å²) in [6, 6.07) is 4.95.